The van der Waals surface area contributed by atoms with Crippen LogP contribution in [0.4, 0.5) is 0 Å². The molecule has 0 saturated carbocycles. The van der Waals surface area contributed by atoms with Gasteiger partial charge in [0.1, 0.15) is 12.7 Å². The Hall–Kier alpha value is -2.07. The number of para-hydroxylation sites is 2. The summed E-state index contributed by atoms with van der Waals surface area (Å²) >= 11 is 0. The van der Waals surface area contributed by atoms with Crippen molar-refractivity contribution in [3.63, 3.8) is 0 Å². The highest BCUT2D eigenvalue weighted by Crippen LogP contribution is 2.31. The topological polar surface area (TPSA) is 43.4 Å². The average Bonchev–Trinajstić information content (AvgIpc) is 2.53. The minimum atomic E-state index is -0.00453. The lowest BCUT2D eigenvalue weighted by molar-refractivity contribution is 0.0640. The molecule has 3 rings (SSSR count). The number of hydrogen-bond donors (Lipinski definition) is 1. The Kier molecular flexibility index (Phi) is 3.83. The quantitative estimate of drug-likeness (QED) is 0.923. The fraction of sp³-hybridized carbons (Fsp3) is 0.312. The summed E-state index contributed by atoms with van der Waals surface area (Å²) in [5.74, 6) is 1.63. The molecule has 20 heavy (non-hydrogen) atoms. The first-order valence-corrected chi connectivity index (χ1v) is 6.81. The Labute approximate surface area is 118 Å². The van der Waals surface area contributed by atoms with Gasteiger partial charge < -0.3 is 14.8 Å². The van der Waals surface area contributed by atoms with E-state index in [-0.39, 0.29) is 12.1 Å². The molecule has 0 saturated heterocycles. The maximum atomic E-state index is 6.05. The van der Waals surface area contributed by atoms with Crippen LogP contribution in [0.2, 0.25) is 0 Å². The fourth-order valence-electron chi connectivity index (χ4n) is 2.43. The van der Waals surface area contributed by atoms with Crippen LogP contribution >= 0.6 is 0 Å². The molecule has 0 aliphatic carbocycles. The van der Waals surface area contributed by atoms with Crippen molar-refractivity contribution in [2.24, 2.45) is 0 Å². The first-order chi connectivity index (χ1) is 9.86. The van der Waals surface area contributed by atoms with Gasteiger partial charge in [0.15, 0.2) is 11.5 Å². The van der Waals surface area contributed by atoms with E-state index >= 15 is 0 Å². The maximum absolute atomic E-state index is 6.05. The highest BCUT2D eigenvalue weighted by molar-refractivity contribution is 5.40. The summed E-state index contributed by atoms with van der Waals surface area (Å²) in [5.41, 5.74) is 1.19. The highest BCUT2D eigenvalue weighted by atomic mass is 16.6. The SMILES string of the molecule is CNC(Cc1cccnc1)C1COc2ccccc2O1. The van der Waals surface area contributed by atoms with Gasteiger partial charge in [0.25, 0.3) is 0 Å². The number of ether oxygens (including phenoxy) is 2. The van der Waals surface area contributed by atoms with E-state index in [9.17, 15) is 0 Å². The molecule has 0 radical (unpaired) electrons. The summed E-state index contributed by atoms with van der Waals surface area (Å²) in [6.45, 7) is 0.558. The molecule has 104 valence electrons. The minimum Gasteiger partial charge on any atom is -0.486 e. The van der Waals surface area contributed by atoms with Crippen LogP contribution in [-0.4, -0.2) is 30.8 Å². The zero-order valence-corrected chi connectivity index (χ0v) is 11.5. The summed E-state index contributed by atoms with van der Waals surface area (Å²) < 4.78 is 11.8. The Morgan fingerprint density at radius 3 is 2.85 bits per heavy atom. The molecule has 2 heterocycles. The summed E-state index contributed by atoms with van der Waals surface area (Å²) in [6.07, 6.45) is 4.53. The van der Waals surface area contributed by atoms with Crippen molar-refractivity contribution in [1.29, 1.82) is 0 Å². The molecule has 0 bridgehead atoms. The molecule has 1 N–H and O–H groups in total. The van der Waals surface area contributed by atoms with E-state index in [2.05, 4.69) is 16.4 Å². The average molecular weight is 270 g/mol. The van der Waals surface area contributed by atoms with Crippen LogP contribution in [0.1, 0.15) is 5.56 Å². The molecule has 0 spiro atoms. The van der Waals surface area contributed by atoms with E-state index in [0.717, 1.165) is 17.9 Å². The number of aromatic nitrogens is 1. The van der Waals surface area contributed by atoms with Crippen molar-refractivity contribution < 1.29 is 9.47 Å². The Balaban J connectivity index is 1.72. The first kappa shape index (κ1) is 12.9. The predicted molar refractivity (Wildman–Crippen MR) is 77.1 cm³/mol. The van der Waals surface area contributed by atoms with Crippen LogP contribution < -0.4 is 14.8 Å². The largest absolute Gasteiger partial charge is 0.486 e. The van der Waals surface area contributed by atoms with Gasteiger partial charge >= 0.3 is 0 Å². The Bertz CT molecular complexity index is 559. The van der Waals surface area contributed by atoms with Crippen LogP contribution in [0.25, 0.3) is 0 Å². The van der Waals surface area contributed by atoms with Crippen LogP contribution in [0.5, 0.6) is 11.5 Å². The highest BCUT2D eigenvalue weighted by Gasteiger charge is 2.28. The van der Waals surface area contributed by atoms with Crippen molar-refractivity contribution in [3.05, 3.63) is 54.4 Å². The molecule has 1 aromatic heterocycles. The predicted octanol–water partition coefficient (Wildman–Crippen LogP) is 2.05. The third kappa shape index (κ3) is 2.75. The normalized spacial score (nSPS) is 18.6. The first-order valence-electron chi connectivity index (χ1n) is 6.81. The minimum absolute atomic E-state index is 0.00453. The van der Waals surface area contributed by atoms with Gasteiger partial charge in [-0.25, -0.2) is 0 Å². The van der Waals surface area contributed by atoms with E-state index in [1.807, 2.05) is 43.6 Å². The van der Waals surface area contributed by atoms with Crippen molar-refractivity contribution in [3.8, 4) is 11.5 Å². The van der Waals surface area contributed by atoms with E-state index in [4.69, 9.17) is 9.47 Å². The van der Waals surface area contributed by atoms with Gasteiger partial charge in [0.2, 0.25) is 0 Å². The molecule has 0 fully saturated rings. The number of nitrogens with zero attached hydrogens (tertiary/aromatic N) is 1. The molecule has 4 heteroatoms. The number of rotatable bonds is 4. The van der Waals surface area contributed by atoms with Gasteiger partial charge in [-0.2, -0.15) is 0 Å². The molecule has 2 unspecified atom stereocenters. The van der Waals surface area contributed by atoms with Crippen molar-refractivity contribution in [2.75, 3.05) is 13.7 Å². The van der Waals surface area contributed by atoms with Gasteiger partial charge in [-0.1, -0.05) is 18.2 Å². The van der Waals surface area contributed by atoms with Crippen molar-refractivity contribution in [2.45, 2.75) is 18.6 Å². The number of benzene rings is 1. The summed E-state index contributed by atoms with van der Waals surface area (Å²) in [6, 6.07) is 12.0. The maximum Gasteiger partial charge on any atom is 0.161 e. The standard InChI is InChI=1S/C16H18N2O2/c1-17-13(9-12-5-4-8-18-10-12)16-11-19-14-6-2-3-7-15(14)20-16/h2-8,10,13,16-17H,9,11H2,1H3. The number of hydrogen-bond acceptors (Lipinski definition) is 4. The van der Waals surface area contributed by atoms with E-state index < -0.39 is 0 Å². The summed E-state index contributed by atoms with van der Waals surface area (Å²) in [7, 11) is 1.95. The number of fused-ring (bicyclic) bond motifs is 1. The molecule has 2 atom stereocenters. The van der Waals surface area contributed by atoms with E-state index in [0.29, 0.717) is 6.61 Å². The van der Waals surface area contributed by atoms with Gasteiger partial charge in [0, 0.05) is 12.4 Å². The van der Waals surface area contributed by atoms with Gasteiger partial charge in [-0.15, -0.1) is 0 Å². The zero-order chi connectivity index (χ0) is 13.8. The van der Waals surface area contributed by atoms with Crippen LogP contribution in [0.15, 0.2) is 48.8 Å². The molecule has 2 aromatic rings. The third-order valence-corrected chi connectivity index (χ3v) is 3.53. The molecule has 4 nitrogen and oxygen atoms in total. The molecule has 0 amide bonds. The summed E-state index contributed by atoms with van der Waals surface area (Å²) in [5, 5.41) is 3.32. The van der Waals surface area contributed by atoms with Crippen LogP contribution in [0.3, 0.4) is 0 Å². The molecule has 1 aromatic carbocycles. The molecule has 1 aliphatic heterocycles. The lowest BCUT2D eigenvalue weighted by Gasteiger charge is -2.32. The number of likely N-dealkylation sites (N-methyl/N-ethyl adjacent to an activating group) is 1. The number of nitrogens with one attached hydrogen (secondary N) is 1. The van der Waals surface area contributed by atoms with Crippen molar-refractivity contribution >= 4 is 0 Å². The van der Waals surface area contributed by atoms with Crippen LogP contribution in [-0.2, 0) is 6.42 Å². The molecular formula is C16H18N2O2. The third-order valence-electron chi connectivity index (χ3n) is 3.53. The van der Waals surface area contributed by atoms with E-state index in [1.54, 1.807) is 6.20 Å². The van der Waals surface area contributed by atoms with Gasteiger partial charge in [-0.05, 0) is 37.2 Å². The van der Waals surface area contributed by atoms with Crippen molar-refractivity contribution in [1.82, 2.24) is 10.3 Å². The molecule has 1 aliphatic rings. The summed E-state index contributed by atoms with van der Waals surface area (Å²) in [4.78, 5) is 4.15. The van der Waals surface area contributed by atoms with Gasteiger partial charge in [0.05, 0.1) is 6.04 Å². The zero-order valence-electron chi connectivity index (χ0n) is 11.5. The second-order valence-corrected chi connectivity index (χ2v) is 4.87. The fourth-order valence-corrected chi connectivity index (χ4v) is 2.43. The lowest BCUT2D eigenvalue weighted by atomic mass is 10.0. The van der Waals surface area contributed by atoms with Crippen LogP contribution in [0, 0.1) is 0 Å². The number of pyridine rings is 1. The Morgan fingerprint density at radius 2 is 2.10 bits per heavy atom. The monoisotopic (exact) mass is 270 g/mol. The second kappa shape index (κ2) is 5.92. The van der Waals surface area contributed by atoms with Gasteiger partial charge in [-0.3, -0.25) is 4.98 Å². The molecular weight excluding hydrogens is 252 g/mol. The second-order valence-electron chi connectivity index (χ2n) is 4.87. The lowest BCUT2D eigenvalue weighted by Crippen LogP contribution is -2.47. The smallest absolute Gasteiger partial charge is 0.161 e. The Morgan fingerprint density at radius 1 is 1.25 bits per heavy atom. The van der Waals surface area contributed by atoms with E-state index in [1.165, 1.54) is 5.56 Å².